The number of benzene rings is 3. The first kappa shape index (κ1) is 39.0. The summed E-state index contributed by atoms with van der Waals surface area (Å²) in [6.45, 7) is 8.45. The van der Waals surface area contributed by atoms with Gasteiger partial charge < -0.3 is 35.1 Å². The summed E-state index contributed by atoms with van der Waals surface area (Å²) in [5, 5.41) is 8.75. The molecule has 51 heavy (non-hydrogen) atoms. The Morgan fingerprint density at radius 1 is 1.04 bits per heavy atom. The van der Waals surface area contributed by atoms with Crippen molar-refractivity contribution < 1.29 is 37.8 Å². The van der Waals surface area contributed by atoms with Crippen LogP contribution in [-0.4, -0.2) is 73.0 Å². The van der Waals surface area contributed by atoms with Gasteiger partial charge in [-0.3, -0.25) is 19.2 Å². The molecule has 0 fully saturated rings. The van der Waals surface area contributed by atoms with Gasteiger partial charge in [-0.2, -0.15) is 0 Å². The smallest absolute Gasteiger partial charge is 0.255 e. The zero-order valence-electron chi connectivity index (χ0n) is 29.4. The van der Waals surface area contributed by atoms with Crippen LogP contribution in [0.25, 0.3) is 0 Å². The zero-order valence-corrected chi connectivity index (χ0v) is 30.1. The number of halogens is 2. The van der Waals surface area contributed by atoms with E-state index in [0.29, 0.717) is 23.7 Å². The lowest BCUT2D eigenvalue weighted by Crippen LogP contribution is -2.54. The fraction of sp³-hybridized carbons (Fsp3) is 0.421. The molecule has 0 radical (unpaired) electrons. The average Bonchev–Trinajstić information content (AvgIpc) is 3.08. The summed E-state index contributed by atoms with van der Waals surface area (Å²) in [4.78, 5) is 56.2. The van der Waals surface area contributed by atoms with E-state index in [4.69, 9.17) is 25.8 Å². The number of carbonyl (C=O) groups is 4. The van der Waals surface area contributed by atoms with Gasteiger partial charge >= 0.3 is 0 Å². The molecular weight excluding hydrogens is 679 g/mol. The molecule has 0 aliphatic carbocycles. The molecule has 4 rings (SSSR count). The number of nitrogens with one attached hydrogen (secondary N) is 3. The molecule has 0 saturated carbocycles. The molecule has 4 amide bonds. The normalized spacial score (nSPS) is 17.7. The van der Waals surface area contributed by atoms with Gasteiger partial charge in [0.2, 0.25) is 17.7 Å². The molecule has 1 aliphatic heterocycles. The third kappa shape index (κ3) is 11.9. The Morgan fingerprint density at radius 2 is 1.82 bits per heavy atom. The fourth-order valence-corrected chi connectivity index (χ4v) is 5.64. The highest BCUT2D eigenvalue weighted by Gasteiger charge is 2.31. The lowest BCUT2D eigenvalue weighted by Gasteiger charge is -2.30. The Morgan fingerprint density at radius 3 is 2.57 bits per heavy atom. The zero-order chi connectivity index (χ0) is 36.9. The number of nitrogens with zero attached hydrogens (tertiary/aromatic N) is 1. The molecular formula is C38H46ClFN4O7. The number of hydrogen-bond acceptors (Lipinski definition) is 7. The summed E-state index contributed by atoms with van der Waals surface area (Å²) < 4.78 is 31.8. The molecule has 13 heteroatoms. The van der Waals surface area contributed by atoms with E-state index in [-0.39, 0.29) is 54.4 Å². The van der Waals surface area contributed by atoms with Crippen LogP contribution in [0.4, 0.5) is 4.39 Å². The van der Waals surface area contributed by atoms with Crippen molar-refractivity contribution in [2.75, 3.05) is 26.3 Å². The van der Waals surface area contributed by atoms with Crippen LogP contribution in [0.2, 0.25) is 5.02 Å². The van der Waals surface area contributed by atoms with Crippen molar-refractivity contribution in [3.63, 3.8) is 0 Å². The summed E-state index contributed by atoms with van der Waals surface area (Å²) >= 11 is 6.06. The number of para-hydroxylation sites is 1. The first-order chi connectivity index (χ1) is 24.4. The van der Waals surface area contributed by atoms with E-state index >= 15 is 0 Å². The van der Waals surface area contributed by atoms with E-state index in [1.54, 1.807) is 60.4 Å². The predicted octanol–water partition coefficient (Wildman–Crippen LogP) is 5.90. The minimum atomic E-state index is -1.31. The van der Waals surface area contributed by atoms with Crippen molar-refractivity contribution in [1.82, 2.24) is 20.9 Å². The van der Waals surface area contributed by atoms with Crippen LogP contribution in [0.1, 0.15) is 63.7 Å². The summed E-state index contributed by atoms with van der Waals surface area (Å²) in [5.74, 6) is -1.52. The van der Waals surface area contributed by atoms with Crippen LogP contribution in [0.15, 0.2) is 66.7 Å². The van der Waals surface area contributed by atoms with Gasteiger partial charge in [0.1, 0.15) is 42.6 Å². The number of carbonyl (C=O) groups excluding carboxylic acids is 4. The monoisotopic (exact) mass is 724 g/mol. The van der Waals surface area contributed by atoms with Crippen molar-refractivity contribution in [3.05, 3.63) is 83.1 Å². The number of unbranched alkanes of at least 4 members (excludes halogenated alkanes) is 1. The SMILES string of the molecule is CCCCN1CCOc2ccccc2C(=O)N[C@@H](C(=O)N[C@H](C)COc2ccc(F)cc2Oc2cccc(Cl)c2)CC(=O)N[C@@H](CC(C)C)C1=O. The third-order valence-corrected chi connectivity index (χ3v) is 8.24. The summed E-state index contributed by atoms with van der Waals surface area (Å²) in [5.41, 5.74) is 0.178. The third-order valence-electron chi connectivity index (χ3n) is 8.00. The van der Waals surface area contributed by atoms with Gasteiger partial charge in [0.05, 0.1) is 24.6 Å². The van der Waals surface area contributed by atoms with Gasteiger partial charge in [-0.15, -0.1) is 0 Å². The van der Waals surface area contributed by atoms with E-state index in [2.05, 4.69) is 16.0 Å². The number of fused-ring (bicyclic) bond motifs is 1. The van der Waals surface area contributed by atoms with Crippen LogP contribution in [0, 0.1) is 11.7 Å². The minimum Gasteiger partial charge on any atom is -0.491 e. The number of ether oxygens (including phenoxy) is 3. The van der Waals surface area contributed by atoms with Crippen molar-refractivity contribution in [2.24, 2.45) is 5.92 Å². The second-order valence-corrected chi connectivity index (χ2v) is 13.3. The van der Waals surface area contributed by atoms with E-state index in [9.17, 15) is 23.6 Å². The standard InChI is InChI=1S/C38H46ClFN4O7/c1-5-6-16-44-17-18-49-32-13-8-7-12-29(32)36(46)43-30(22-35(45)42-31(38(44)48)19-24(2)3)37(47)41-25(4)23-50-33-15-14-27(40)21-34(33)51-28-11-9-10-26(39)20-28/h7-15,20-21,24-25,30-31H,5-6,16-19,22-23H2,1-4H3,(H,41,47)(H,42,45)(H,43,46)/t25-,30-,31+/m1/s1. The molecule has 0 bridgehead atoms. The lowest BCUT2D eigenvalue weighted by molar-refractivity contribution is -0.137. The molecule has 3 aromatic rings. The molecule has 0 aromatic heterocycles. The highest BCUT2D eigenvalue weighted by atomic mass is 35.5. The maximum absolute atomic E-state index is 14.1. The maximum Gasteiger partial charge on any atom is 0.255 e. The van der Waals surface area contributed by atoms with Gasteiger partial charge in [-0.1, -0.05) is 57.0 Å². The molecule has 0 unspecified atom stereocenters. The molecule has 1 heterocycles. The van der Waals surface area contributed by atoms with Gasteiger partial charge in [0.25, 0.3) is 5.91 Å². The number of amides is 4. The summed E-state index contributed by atoms with van der Waals surface area (Å²) in [6.07, 6.45) is 1.60. The number of rotatable bonds is 12. The van der Waals surface area contributed by atoms with Crippen molar-refractivity contribution in [3.8, 4) is 23.0 Å². The molecule has 3 N–H and O–H groups in total. The van der Waals surface area contributed by atoms with Crippen LogP contribution in [0.5, 0.6) is 23.0 Å². The molecule has 3 aromatic carbocycles. The van der Waals surface area contributed by atoms with E-state index in [1.807, 2.05) is 20.8 Å². The van der Waals surface area contributed by atoms with Gasteiger partial charge in [-0.25, -0.2) is 4.39 Å². The molecule has 274 valence electrons. The Kier molecular flexibility index (Phi) is 14.5. The Bertz CT molecular complexity index is 1670. The highest BCUT2D eigenvalue weighted by Crippen LogP contribution is 2.33. The average molecular weight is 725 g/mol. The van der Waals surface area contributed by atoms with E-state index in [0.717, 1.165) is 12.8 Å². The molecule has 0 spiro atoms. The fourth-order valence-electron chi connectivity index (χ4n) is 5.46. The Balaban J connectivity index is 1.52. The van der Waals surface area contributed by atoms with Crippen LogP contribution in [-0.2, 0) is 14.4 Å². The van der Waals surface area contributed by atoms with E-state index in [1.165, 1.54) is 18.2 Å². The van der Waals surface area contributed by atoms with Gasteiger partial charge in [-0.05, 0) is 68.1 Å². The van der Waals surface area contributed by atoms with Crippen molar-refractivity contribution >= 4 is 35.2 Å². The molecule has 3 atom stereocenters. The largest absolute Gasteiger partial charge is 0.491 e. The molecule has 11 nitrogen and oxygen atoms in total. The van der Waals surface area contributed by atoms with Gasteiger partial charge in [0.15, 0.2) is 11.5 Å². The first-order valence-corrected chi connectivity index (χ1v) is 17.6. The molecule has 1 aliphatic rings. The number of hydrogen-bond donors (Lipinski definition) is 3. The molecule has 0 saturated heterocycles. The topological polar surface area (TPSA) is 135 Å². The summed E-state index contributed by atoms with van der Waals surface area (Å²) in [7, 11) is 0. The van der Waals surface area contributed by atoms with Crippen LogP contribution in [0.3, 0.4) is 0 Å². The Labute approximate surface area is 303 Å². The van der Waals surface area contributed by atoms with Gasteiger partial charge in [0, 0.05) is 17.6 Å². The minimum absolute atomic E-state index is 0.0641. The Hall–Kier alpha value is -4.84. The van der Waals surface area contributed by atoms with Crippen molar-refractivity contribution in [1.29, 1.82) is 0 Å². The van der Waals surface area contributed by atoms with Crippen molar-refractivity contribution in [2.45, 2.75) is 71.5 Å². The van der Waals surface area contributed by atoms with Crippen LogP contribution < -0.4 is 30.2 Å². The van der Waals surface area contributed by atoms with E-state index < -0.39 is 48.1 Å². The maximum atomic E-state index is 14.1. The lowest BCUT2D eigenvalue weighted by atomic mass is 10.0. The summed E-state index contributed by atoms with van der Waals surface area (Å²) in [6, 6.07) is 14.2. The second-order valence-electron chi connectivity index (χ2n) is 12.9. The first-order valence-electron chi connectivity index (χ1n) is 17.2. The second kappa shape index (κ2) is 19.0. The highest BCUT2D eigenvalue weighted by molar-refractivity contribution is 6.30. The quantitative estimate of drug-likeness (QED) is 0.212. The predicted molar refractivity (Wildman–Crippen MR) is 192 cm³/mol. The van der Waals surface area contributed by atoms with Crippen LogP contribution >= 0.6 is 11.6 Å².